The van der Waals surface area contributed by atoms with E-state index in [-0.39, 0.29) is 0 Å². The molecule has 0 fully saturated rings. The van der Waals surface area contributed by atoms with Crippen LogP contribution in [-0.2, 0) is 0 Å². The molecule has 0 unspecified atom stereocenters. The molecular formula is C62H39NS. The summed E-state index contributed by atoms with van der Waals surface area (Å²) in [5, 5.41) is 15.1. The van der Waals surface area contributed by atoms with Crippen LogP contribution in [0.2, 0.25) is 0 Å². The first-order valence-corrected chi connectivity index (χ1v) is 22.8. The van der Waals surface area contributed by atoms with Crippen molar-refractivity contribution in [3.63, 3.8) is 0 Å². The maximum atomic E-state index is 2.49. The summed E-state index contributed by atoms with van der Waals surface area (Å²) >= 11 is 1.88. The molecule has 0 saturated carbocycles. The van der Waals surface area contributed by atoms with Gasteiger partial charge in [0.2, 0.25) is 0 Å². The van der Waals surface area contributed by atoms with Gasteiger partial charge in [-0.05, 0) is 154 Å². The Kier molecular flexibility index (Phi) is 8.47. The van der Waals surface area contributed by atoms with Crippen LogP contribution in [0.1, 0.15) is 0 Å². The Morgan fingerprint density at radius 2 is 0.844 bits per heavy atom. The maximum Gasteiger partial charge on any atom is 0.0554 e. The molecule has 298 valence electrons. The van der Waals surface area contributed by atoms with Gasteiger partial charge in [0, 0.05) is 31.5 Å². The van der Waals surface area contributed by atoms with Crippen LogP contribution >= 0.6 is 11.3 Å². The highest BCUT2D eigenvalue weighted by molar-refractivity contribution is 7.26. The highest BCUT2D eigenvalue weighted by atomic mass is 32.1. The first kappa shape index (κ1) is 36.6. The molecule has 0 spiro atoms. The summed E-state index contributed by atoms with van der Waals surface area (Å²) in [6.45, 7) is 0. The zero-order valence-electron chi connectivity index (χ0n) is 34.9. The molecule has 0 aliphatic carbocycles. The topological polar surface area (TPSA) is 3.24 Å². The fourth-order valence-corrected chi connectivity index (χ4v) is 11.2. The van der Waals surface area contributed by atoms with Gasteiger partial charge in [0.15, 0.2) is 0 Å². The molecule has 0 aliphatic heterocycles. The largest absolute Gasteiger partial charge is 0.310 e. The van der Waals surface area contributed by atoms with Gasteiger partial charge in [-0.15, -0.1) is 11.3 Å². The lowest BCUT2D eigenvalue weighted by molar-refractivity contribution is 1.31. The van der Waals surface area contributed by atoms with E-state index in [1.165, 1.54) is 107 Å². The number of benzene rings is 12. The van der Waals surface area contributed by atoms with Crippen LogP contribution in [0.5, 0.6) is 0 Å². The molecule has 1 aromatic heterocycles. The minimum Gasteiger partial charge on any atom is -0.310 e. The summed E-state index contributed by atoms with van der Waals surface area (Å²) in [7, 11) is 0. The predicted octanol–water partition coefficient (Wildman–Crippen LogP) is 18.3. The van der Waals surface area contributed by atoms with Gasteiger partial charge in [-0.1, -0.05) is 170 Å². The second-order valence-electron chi connectivity index (χ2n) is 16.9. The van der Waals surface area contributed by atoms with Crippen LogP contribution in [0, 0.1) is 0 Å². The van der Waals surface area contributed by atoms with Crippen LogP contribution in [0.3, 0.4) is 0 Å². The van der Waals surface area contributed by atoms with Crippen LogP contribution in [0.4, 0.5) is 17.1 Å². The van der Waals surface area contributed by atoms with Crippen molar-refractivity contribution in [2.75, 3.05) is 4.90 Å². The van der Waals surface area contributed by atoms with Crippen LogP contribution in [0.25, 0.3) is 107 Å². The van der Waals surface area contributed by atoms with Crippen molar-refractivity contribution in [2.24, 2.45) is 0 Å². The third-order valence-electron chi connectivity index (χ3n) is 13.1. The molecular weight excluding hydrogens is 791 g/mol. The summed E-state index contributed by atoms with van der Waals surface area (Å²) in [6.07, 6.45) is 0. The van der Waals surface area contributed by atoms with E-state index in [0.717, 1.165) is 17.1 Å². The molecule has 0 bridgehead atoms. The Labute approximate surface area is 375 Å². The predicted molar refractivity (Wildman–Crippen MR) is 278 cm³/mol. The molecule has 13 rings (SSSR count). The van der Waals surface area contributed by atoms with Crippen LogP contribution in [-0.4, -0.2) is 0 Å². The first-order chi connectivity index (χ1) is 31.7. The van der Waals surface area contributed by atoms with Gasteiger partial charge in [0.25, 0.3) is 0 Å². The standard InChI is InChI=1S/C62H39NS/c1-2-14-41(15-3-1)57-39-51(31-32-53(57)48-27-25-40-13-4-5-16-42(40)33-48)63(59-23-12-24-60-62(59)58-36-43-17-6-7-18-44(43)38-61(58)64-60)50-30-29-45-34-49(28-26-46(45)35-50)56-37-47-19-8-9-20-52(47)54-21-10-11-22-55(54)56/h1-39H. The van der Waals surface area contributed by atoms with Crippen LogP contribution < -0.4 is 4.90 Å². The molecule has 0 N–H and O–H groups in total. The van der Waals surface area contributed by atoms with Gasteiger partial charge in [-0.2, -0.15) is 0 Å². The average Bonchev–Trinajstić information content (AvgIpc) is 3.73. The van der Waals surface area contributed by atoms with Gasteiger partial charge < -0.3 is 4.90 Å². The Morgan fingerprint density at radius 3 is 1.66 bits per heavy atom. The van der Waals surface area contributed by atoms with Gasteiger partial charge in [-0.3, -0.25) is 0 Å². The monoisotopic (exact) mass is 829 g/mol. The lowest BCUT2D eigenvalue weighted by Gasteiger charge is -2.28. The number of rotatable bonds is 6. The molecule has 12 aromatic carbocycles. The highest BCUT2D eigenvalue weighted by Gasteiger charge is 2.21. The van der Waals surface area contributed by atoms with E-state index in [1.54, 1.807) is 0 Å². The number of nitrogens with zero attached hydrogens (tertiary/aromatic N) is 1. The zero-order chi connectivity index (χ0) is 42.1. The molecule has 0 aliphatic rings. The Morgan fingerprint density at radius 1 is 0.266 bits per heavy atom. The molecule has 0 amide bonds. The minimum absolute atomic E-state index is 1.11. The summed E-state index contributed by atoms with van der Waals surface area (Å²) in [4.78, 5) is 2.49. The number of fused-ring (bicyclic) bond motifs is 9. The Bertz CT molecular complexity index is 3970. The number of hydrogen-bond acceptors (Lipinski definition) is 2. The van der Waals surface area contributed by atoms with Crippen molar-refractivity contribution >= 4 is 102 Å². The van der Waals surface area contributed by atoms with Gasteiger partial charge in [0.05, 0.1) is 5.69 Å². The highest BCUT2D eigenvalue weighted by Crippen LogP contribution is 2.48. The molecule has 1 nitrogen and oxygen atoms in total. The van der Waals surface area contributed by atoms with Crippen molar-refractivity contribution < 1.29 is 0 Å². The lowest BCUT2D eigenvalue weighted by atomic mass is 9.92. The van der Waals surface area contributed by atoms with E-state index in [1.807, 2.05) is 11.3 Å². The Balaban J connectivity index is 1.03. The molecule has 0 atom stereocenters. The number of thiophene rings is 1. The van der Waals surface area contributed by atoms with E-state index in [4.69, 9.17) is 0 Å². The van der Waals surface area contributed by atoms with Gasteiger partial charge >= 0.3 is 0 Å². The van der Waals surface area contributed by atoms with Crippen molar-refractivity contribution in [3.8, 4) is 33.4 Å². The summed E-state index contributed by atoms with van der Waals surface area (Å²) in [6, 6.07) is 87.5. The number of hydrogen-bond donors (Lipinski definition) is 0. The van der Waals surface area contributed by atoms with E-state index in [9.17, 15) is 0 Å². The zero-order valence-corrected chi connectivity index (χ0v) is 35.7. The maximum absolute atomic E-state index is 2.49. The molecule has 13 aromatic rings. The average molecular weight is 830 g/mol. The van der Waals surface area contributed by atoms with Gasteiger partial charge in [0.1, 0.15) is 0 Å². The second kappa shape index (κ2) is 14.8. The summed E-state index contributed by atoms with van der Waals surface area (Å²) in [5.74, 6) is 0. The van der Waals surface area contributed by atoms with E-state index in [2.05, 4.69) is 241 Å². The third kappa shape index (κ3) is 6.07. The van der Waals surface area contributed by atoms with E-state index in [0.29, 0.717) is 0 Å². The molecule has 1 heterocycles. The normalized spacial score (nSPS) is 11.8. The number of anilines is 3. The summed E-state index contributed by atoms with van der Waals surface area (Å²) < 4.78 is 2.57. The quantitative estimate of drug-likeness (QED) is 0.151. The molecule has 0 radical (unpaired) electrons. The van der Waals surface area contributed by atoms with Gasteiger partial charge in [-0.25, -0.2) is 0 Å². The molecule has 64 heavy (non-hydrogen) atoms. The molecule has 0 saturated heterocycles. The minimum atomic E-state index is 1.11. The van der Waals surface area contributed by atoms with Crippen LogP contribution in [0.15, 0.2) is 237 Å². The lowest BCUT2D eigenvalue weighted by Crippen LogP contribution is -2.10. The van der Waals surface area contributed by atoms with E-state index >= 15 is 0 Å². The second-order valence-corrected chi connectivity index (χ2v) is 18.0. The smallest absolute Gasteiger partial charge is 0.0554 e. The Hall–Kier alpha value is -8.04. The summed E-state index contributed by atoms with van der Waals surface area (Å²) in [5.41, 5.74) is 10.6. The molecule has 2 heteroatoms. The first-order valence-electron chi connectivity index (χ1n) is 22.0. The van der Waals surface area contributed by atoms with Crippen molar-refractivity contribution in [3.05, 3.63) is 237 Å². The SMILES string of the molecule is c1ccc(-c2cc(N(c3ccc4cc(-c5cc6ccccc6c6ccccc56)ccc4c3)c3cccc4sc5cc6ccccc6cc5c34)ccc2-c2ccc3ccccc3c2)cc1. The van der Waals surface area contributed by atoms with Crippen molar-refractivity contribution in [1.82, 2.24) is 0 Å². The van der Waals surface area contributed by atoms with Crippen molar-refractivity contribution in [2.45, 2.75) is 0 Å². The third-order valence-corrected chi connectivity index (χ3v) is 14.3. The fraction of sp³-hybridized carbons (Fsp3) is 0. The fourth-order valence-electron chi connectivity index (χ4n) is 10.1. The van der Waals surface area contributed by atoms with E-state index < -0.39 is 0 Å². The van der Waals surface area contributed by atoms with Crippen molar-refractivity contribution in [1.29, 1.82) is 0 Å².